The number of aryl methyl sites for hydroxylation is 1. The maximum absolute atomic E-state index is 12.2. The molecule has 31 heavy (non-hydrogen) atoms. The van der Waals surface area contributed by atoms with Crippen LogP contribution in [0, 0.1) is 6.92 Å². The minimum atomic E-state index is -0.127. The smallest absolute Gasteiger partial charge is 0.239 e. The number of methoxy groups -OCH3 is 1. The molecule has 8 nitrogen and oxygen atoms in total. The maximum atomic E-state index is 12.2. The summed E-state index contributed by atoms with van der Waals surface area (Å²) >= 11 is 0. The van der Waals surface area contributed by atoms with Gasteiger partial charge in [0.05, 0.1) is 47.8 Å². The van der Waals surface area contributed by atoms with Crippen LogP contribution in [0.25, 0.3) is 33.5 Å². The molecule has 0 bridgehead atoms. The molecule has 8 heteroatoms. The molecular formula is C23H24N6O2. The number of aromatic amines is 1. The van der Waals surface area contributed by atoms with E-state index in [9.17, 15) is 4.79 Å². The molecule has 0 aliphatic heterocycles. The van der Waals surface area contributed by atoms with Crippen molar-refractivity contribution in [2.75, 3.05) is 33.1 Å². The molecule has 0 atom stereocenters. The van der Waals surface area contributed by atoms with Crippen LogP contribution >= 0.6 is 0 Å². The predicted octanol–water partition coefficient (Wildman–Crippen LogP) is 3.50. The van der Waals surface area contributed by atoms with Crippen molar-refractivity contribution in [3.63, 3.8) is 0 Å². The zero-order valence-electron chi connectivity index (χ0n) is 17.9. The number of anilines is 1. The van der Waals surface area contributed by atoms with Crippen molar-refractivity contribution < 1.29 is 9.53 Å². The zero-order chi connectivity index (χ0) is 22.0. The van der Waals surface area contributed by atoms with Gasteiger partial charge < -0.3 is 19.9 Å². The predicted molar refractivity (Wildman–Crippen MR) is 121 cm³/mol. The minimum absolute atomic E-state index is 0.127. The van der Waals surface area contributed by atoms with Crippen molar-refractivity contribution in [3.8, 4) is 28.3 Å². The summed E-state index contributed by atoms with van der Waals surface area (Å²) in [6.45, 7) is 2.24. The van der Waals surface area contributed by atoms with Crippen LogP contribution in [0.4, 0.5) is 5.82 Å². The van der Waals surface area contributed by atoms with Crippen LogP contribution in [0.2, 0.25) is 0 Å². The lowest BCUT2D eigenvalue weighted by molar-refractivity contribution is -0.116. The Kier molecular flexibility index (Phi) is 5.64. The van der Waals surface area contributed by atoms with Crippen LogP contribution in [0.1, 0.15) is 5.69 Å². The Balaban J connectivity index is 1.84. The first-order chi connectivity index (χ1) is 14.9. The molecular weight excluding hydrogens is 392 g/mol. The van der Waals surface area contributed by atoms with E-state index in [1.807, 2.05) is 57.4 Å². The first-order valence-corrected chi connectivity index (χ1v) is 9.85. The number of hydrogen-bond acceptors (Lipinski definition) is 6. The number of carbonyl (C=O) groups excluding carboxylic acids is 1. The van der Waals surface area contributed by atoms with Crippen molar-refractivity contribution in [3.05, 3.63) is 54.5 Å². The molecule has 2 N–H and O–H groups in total. The van der Waals surface area contributed by atoms with E-state index in [0.29, 0.717) is 11.6 Å². The van der Waals surface area contributed by atoms with E-state index in [2.05, 4.69) is 20.3 Å². The molecule has 4 rings (SSSR count). The Morgan fingerprint density at radius 3 is 2.77 bits per heavy atom. The van der Waals surface area contributed by atoms with E-state index in [1.165, 1.54) is 0 Å². The molecule has 4 aromatic heterocycles. The normalized spacial score (nSPS) is 11.1. The fourth-order valence-electron chi connectivity index (χ4n) is 3.44. The van der Waals surface area contributed by atoms with Gasteiger partial charge in [0.25, 0.3) is 0 Å². The van der Waals surface area contributed by atoms with Gasteiger partial charge in [-0.1, -0.05) is 6.07 Å². The number of pyridine rings is 3. The molecule has 0 saturated carbocycles. The molecule has 1 amide bonds. The highest BCUT2D eigenvalue weighted by Gasteiger charge is 2.19. The van der Waals surface area contributed by atoms with E-state index in [0.717, 1.165) is 39.2 Å². The van der Waals surface area contributed by atoms with Gasteiger partial charge in [0, 0.05) is 23.5 Å². The second-order valence-electron chi connectivity index (χ2n) is 7.53. The van der Waals surface area contributed by atoms with Crippen LogP contribution in [-0.4, -0.2) is 58.5 Å². The third-order valence-electron chi connectivity index (χ3n) is 4.77. The molecule has 158 valence electrons. The summed E-state index contributed by atoms with van der Waals surface area (Å²) in [5.74, 6) is 1.02. The van der Waals surface area contributed by atoms with Gasteiger partial charge in [-0.2, -0.15) is 0 Å². The highest BCUT2D eigenvalue weighted by atomic mass is 16.5. The van der Waals surface area contributed by atoms with Gasteiger partial charge >= 0.3 is 0 Å². The van der Waals surface area contributed by atoms with Crippen LogP contribution in [-0.2, 0) is 4.79 Å². The number of fused-ring (bicyclic) bond motifs is 1. The van der Waals surface area contributed by atoms with Gasteiger partial charge in [0.1, 0.15) is 11.6 Å². The number of nitrogens with one attached hydrogen (secondary N) is 2. The summed E-state index contributed by atoms with van der Waals surface area (Å²) < 4.78 is 5.34. The van der Waals surface area contributed by atoms with Crippen molar-refractivity contribution in [1.82, 2.24) is 24.8 Å². The fourth-order valence-corrected chi connectivity index (χ4v) is 3.44. The van der Waals surface area contributed by atoms with Gasteiger partial charge in [-0.3, -0.25) is 14.8 Å². The van der Waals surface area contributed by atoms with Gasteiger partial charge in [-0.25, -0.2) is 4.98 Å². The highest BCUT2D eigenvalue weighted by Crippen LogP contribution is 2.37. The van der Waals surface area contributed by atoms with E-state index in [4.69, 9.17) is 9.72 Å². The van der Waals surface area contributed by atoms with Gasteiger partial charge in [0.15, 0.2) is 0 Å². The lowest BCUT2D eigenvalue weighted by Gasteiger charge is -2.11. The molecule has 0 spiro atoms. The summed E-state index contributed by atoms with van der Waals surface area (Å²) in [4.78, 5) is 31.1. The van der Waals surface area contributed by atoms with Crippen molar-refractivity contribution in [1.29, 1.82) is 0 Å². The molecule has 0 saturated heterocycles. The molecule has 4 aromatic rings. The maximum Gasteiger partial charge on any atom is 0.239 e. The summed E-state index contributed by atoms with van der Waals surface area (Å²) in [6.07, 6.45) is 3.37. The Hall–Kier alpha value is -3.78. The minimum Gasteiger partial charge on any atom is -0.495 e. The molecule has 4 heterocycles. The van der Waals surface area contributed by atoms with Gasteiger partial charge in [-0.15, -0.1) is 0 Å². The third kappa shape index (κ3) is 4.39. The Morgan fingerprint density at radius 2 is 2.03 bits per heavy atom. The number of likely N-dealkylation sites (N-methyl/N-ethyl adjacent to an activating group) is 1. The first kappa shape index (κ1) is 20.5. The molecule has 0 aliphatic carbocycles. The van der Waals surface area contributed by atoms with E-state index < -0.39 is 0 Å². The largest absolute Gasteiger partial charge is 0.495 e. The van der Waals surface area contributed by atoms with Crippen molar-refractivity contribution >= 4 is 22.8 Å². The number of rotatable bonds is 6. The quantitative estimate of drug-likeness (QED) is 0.499. The lowest BCUT2D eigenvalue weighted by Crippen LogP contribution is -2.27. The highest BCUT2D eigenvalue weighted by molar-refractivity contribution is 6.01. The first-order valence-electron chi connectivity index (χ1n) is 9.85. The van der Waals surface area contributed by atoms with Crippen molar-refractivity contribution in [2.45, 2.75) is 6.92 Å². The number of hydrogen-bond donors (Lipinski definition) is 2. The van der Waals surface area contributed by atoms with Crippen molar-refractivity contribution in [2.24, 2.45) is 0 Å². The standard InChI is InChI=1S/C23H24N6O2/c1-14-6-5-7-17(26-14)21-22(27-18-11-16(31-4)12-25-23(18)21)15-8-9-24-19(10-15)28-20(30)13-29(2)3/h5-12,27H,13H2,1-4H3,(H,24,28,30). The van der Waals surface area contributed by atoms with Crippen LogP contribution in [0.5, 0.6) is 5.75 Å². The Labute approximate surface area is 180 Å². The Morgan fingerprint density at radius 1 is 1.19 bits per heavy atom. The average molecular weight is 416 g/mol. The van der Waals surface area contributed by atoms with Gasteiger partial charge in [0.2, 0.25) is 5.91 Å². The third-order valence-corrected chi connectivity index (χ3v) is 4.77. The monoisotopic (exact) mass is 416 g/mol. The molecule has 0 fully saturated rings. The second kappa shape index (κ2) is 8.53. The second-order valence-corrected chi connectivity index (χ2v) is 7.53. The summed E-state index contributed by atoms with van der Waals surface area (Å²) in [5, 5.41) is 2.85. The van der Waals surface area contributed by atoms with Crippen LogP contribution in [0.15, 0.2) is 48.8 Å². The molecule has 0 radical (unpaired) electrons. The van der Waals surface area contributed by atoms with Crippen LogP contribution in [0.3, 0.4) is 0 Å². The topological polar surface area (TPSA) is 96.0 Å². The lowest BCUT2D eigenvalue weighted by atomic mass is 10.0. The van der Waals surface area contributed by atoms with Crippen LogP contribution < -0.4 is 10.1 Å². The summed E-state index contributed by atoms with van der Waals surface area (Å²) in [6, 6.07) is 11.5. The summed E-state index contributed by atoms with van der Waals surface area (Å²) in [5.41, 5.74) is 5.96. The average Bonchev–Trinajstić information content (AvgIpc) is 3.12. The number of ether oxygens (including phenoxy) is 1. The van der Waals surface area contributed by atoms with E-state index in [1.54, 1.807) is 24.4 Å². The number of amides is 1. The summed E-state index contributed by atoms with van der Waals surface area (Å²) in [7, 11) is 5.30. The molecule has 0 aliphatic rings. The number of aromatic nitrogens is 4. The van der Waals surface area contributed by atoms with E-state index >= 15 is 0 Å². The SMILES string of the molecule is COc1cnc2c(-c3cccc(C)n3)c(-c3ccnc(NC(=O)CN(C)C)c3)[nH]c2c1. The molecule has 0 unspecified atom stereocenters. The van der Waals surface area contributed by atoms with Gasteiger partial charge in [-0.05, 0) is 45.3 Å². The Bertz CT molecular complexity index is 1250. The van der Waals surface area contributed by atoms with E-state index in [-0.39, 0.29) is 12.5 Å². The zero-order valence-corrected chi connectivity index (χ0v) is 17.9. The number of nitrogens with zero attached hydrogens (tertiary/aromatic N) is 4. The fraction of sp³-hybridized carbons (Fsp3) is 0.217. The number of carbonyl (C=O) groups is 1. The number of H-pyrrole nitrogens is 1. The molecule has 0 aromatic carbocycles.